The molecule has 0 aliphatic carbocycles. The topological polar surface area (TPSA) is 74.0 Å². The first kappa shape index (κ1) is 23.6. The number of hydrogen-bond donors (Lipinski definition) is 2. The molecule has 3 heterocycles. The Labute approximate surface area is 179 Å². The van der Waals surface area contributed by atoms with E-state index in [2.05, 4.69) is 35.1 Å². The van der Waals surface area contributed by atoms with Crippen LogP contribution in [0.4, 0.5) is 5.69 Å². The number of aliphatic imine (C=N–C) groups is 1. The minimum atomic E-state index is 0.0988. The second-order valence-electron chi connectivity index (χ2n) is 7.23. The number of hydrogen-bond acceptors (Lipinski definition) is 6. The van der Waals surface area contributed by atoms with Crippen LogP contribution in [0.1, 0.15) is 56.7 Å². The molecule has 1 fully saturated rings. The maximum Gasteiger partial charge on any atom is 0.250 e. The molecule has 0 spiro atoms. The van der Waals surface area contributed by atoms with Gasteiger partial charge in [0.05, 0.1) is 10.6 Å². The zero-order chi connectivity index (χ0) is 21.2. The minimum absolute atomic E-state index is 0.0988. The summed E-state index contributed by atoms with van der Waals surface area (Å²) in [5.74, 6) is 0.620. The third kappa shape index (κ3) is 6.66. The Balaban J connectivity index is 0.00000145. The second kappa shape index (κ2) is 12.1. The van der Waals surface area contributed by atoms with Crippen molar-refractivity contribution in [2.45, 2.75) is 53.5 Å². The summed E-state index contributed by atoms with van der Waals surface area (Å²) in [5.41, 5.74) is 7.81. The van der Waals surface area contributed by atoms with Crippen LogP contribution in [-0.2, 0) is 11.3 Å². The van der Waals surface area contributed by atoms with Crippen LogP contribution in [0.3, 0.4) is 0 Å². The summed E-state index contributed by atoms with van der Waals surface area (Å²) in [7, 11) is 0. The molecule has 6 nitrogen and oxygen atoms in total. The number of amidine groups is 1. The van der Waals surface area contributed by atoms with Gasteiger partial charge in [0.25, 0.3) is 0 Å². The monoisotopic (exact) mass is 419 g/mol. The molecule has 29 heavy (non-hydrogen) atoms. The largest absolute Gasteiger partial charge is 0.387 e. The maximum absolute atomic E-state index is 13.0. The molecule has 2 aliphatic heterocycles. The van der Waals surface area contributed by atoms with Crippen molar-refractivity contribution in [1.29, 1.82) is 0 Å². The van der Waals surface area contributed by atoms with Crippen LogP contribution in [0, 0.1) is 0 Å². The normalized spacial score (nSPS) is 16.7. The van der Waals surface area contributed by atoms with E-state index in [1.165, 1.54) is 4.88 Å². The van der Waals surface area contributed by atoms with Gasteiger partial charge in [-0.25, -0.2) is 4.99 Å². The molecule has 0 bridgehead atoms. The number of amides is 1. The van der Waals surface area contributed by atoms with Crippen molar-refractivity contribution >= 4 is 34.8 Å². The van der Waals surface area contributed by atoms with Gasteiger partial charge in [0.1, 0.15) is 5.84 Å². The van der Waals surface area contributed by atoms with Gasteiger partial charge in [0.15, 0.2) is 0 Å². The Bertz CT molecular complexity index is 713. The predicted molar refractivity (Wildman–Crippen MR) is 125 cm³/mol. The van der Waals surface area contributed by atoms with E-state index in [0.717, 1.165) is 74.8 Å². The molecular formula is C22H37N5OS. The number of rotatable bonds is 7. The molecule has 3 N–H and O–H groups in total. The summed E-state index contributed by atoms with van der Waals surface area (Å²) in [4.78, 5) is 24.4. The van der Waals surface area contributed by atoms with Gasteiger partial charge < -0.3 is 16.0 Å². The molecule has 162 valence electrons. The summed E-state index contributed by atoms with van der Waals surface area (Å²) >= 11 is 1.73. The zero-order valence-electron chi connectivity index (χ0n) is 18.5. The van der Waals surface area contributed by atoms with Crippen LogP contribution in [0.5, 0.6) is 0 Å². The van der Waals surface area contributed by atoms with Gasteiger partial charge in [0.2, 0.25) is 5.91 Å². The highest BCUT2D eigenvalue weighted by Gasteiger charge is 2.22. The van der Waals surface area contributed by atoms with E-state index < -0.39 is 0 Å². The van der Waals surface area contributed by atoms with Gasteiger partial charge in [0, 0.05) is 62.7 Å². The fraction of sp³-hybridized carbons (Fsp3) is 0.636. The van der Waals surface area contributed by atoms with Crippen LogP contribution in [0.15, 0.2) is 16.6 Å². The number of nitrogens with zero attached hydrogens (tertiary/aromatic N) is 3. The van der Waals surface area contributed by atoms with E-state index in [4.69, 9.17) is 5.73 Å². The van der Waals surface area contributed by atoms with Gasteiger partial charge in [-0.2, -0.15) is 0 Å². The Hall–Kier alpha value is -1.70. The third-order valence-corrected chi connectivity index (χ3v) is 5.93. The summed E-state index contributed by atoms with van der Waals surface area (Å²) in [5, 5.41) is 3.38. The van der Waals surface area contributed by atoms with Gasteiger partial charge in [-0.15, -0.1) is 11.3 Å². The van der Waals surface area contributed by atoms with Gasteiger partial charge in [-0.05, 0) is 25.0 Å². The quantitative estimate of drug-likeness (QED) is 0.708. The maximum atomic E-state index is 13.0. The first-order chi connectivity index (χ1) is 14.1. The SMILES string of the molecule is CC.CCCN(CCC)C(=O)C1=Cc2sc(CN3CCNCC3)cc2N=C(N)C1. The Kier molecular flexibility index (Phi) is 9.84. The molecule has 0 radical (unpaired) electrons. The second-order valence-corrected chi connectivity index (χ2v) is 8.40. The van der Waals surface area contributed by atoms with Crippen LogP contribution in [0.2, 0.25) is 0 Å². The first-order valence-electron chi connectivity index (χ1n) is 11.0. The van der Waals surface area contributed by atoms with E-state index in [1.54, 1.807) is 11.3 Å². The molecule has 0 aromatic carbocycles. The smallest absolute Gasteiger partial charge is 0.250 e. The van der Waals surface area contributed by atoms with Crippen molar-refractivity contribution in [2.75, 3.05) is 39.3 Å². The van der Waals surface area contributed by atoms with E-state index >= 15 is 0 Å². The first-order valence-corrected chi connectivity index (χ1v) is 11.8. The van der Waals surface area contributed by atoms with Crippen molar-refractivity contribution in [1.82, 2.24) is 15.1 Å². The third-order valence-electron chi connectivity index (χ3n) is 4.87. The van der Waals surface area contributed by atoms with Crippen molar-refractivity contribution in [3.8, 4) is 0 Å². The fourth-order valence-corrected chi connectivity index (χ4v) is 4.71. The van der Waals surface area contributed by atoms with E-state index in [-0.39, 0.29) is 5.91 Å². The van der Waals surface area contributed by atoms with Crippen molar-refractivity contribution in [2.24, 2.45) is 10.7 Å². The van der Waals surface area contributed by atoms with E-state index in [0.29, 0.717) is 12.3 Å². The predicted octanol–water partition coefficient (Wildman–Crippen LogP) is 3.60. The van der Waals surface area contributed by atoms with Crippen LogP contribution < -0.4 is 11.1 Å². The van der Waals surface area contributed by atoms with Crippen molar-refractivity contribution in [3.63, 3.8) is 0 Å². The van der Waals surface area contributed by atoms with Crippen LogP contribution in [-0.4, -0.2) is 60.8 Å². The Morgan fingerprint density at radius 1 is 1.24 bits per heavy atom. The highest BCUT2D eigenvalue weighted by atomic mass is 32.1. The average molecular weight is 420 g/mol. The highest BCUT2D eigenvalue weighted by Crippen LogP contribution is 2.35. The zero-order valence-corrected chi connectivity index (χ0v) is 19.3. The van der Waals surface area contributed by atoms with E-state index in [1.807, 2.05) is 24.8 Å². The van der Waals surface area contributed by atoms with Crippen LogP contribution >= 0.6 is 11.3 Å². The molecule has 3 rings (SSSR count). The number of carbonyl (C=O) groups is 1. The Morgan fingerprint density at radius 2 is 1.90 bits per heavy atom. The summed E-state index contributed by atoms with van der Waals surface area (Å²) in [6.07, 6.45) is 4.37. The lowest BCUT2D eigenvalue weighted by molar-refractivity contribution is -0.127. The lowest BCUT2D eigenvalue weighted by Gasteiger charge is -2.26. The number of piperazine rings is 1. The molecule has 7 heteroatoms. The molecule has 0 saturated carbocycles. The lowest BCUT2D eigenvalue weighted by atomic mass is 10.1. The number of fused-ring (bicyclic) bond motifs is 1. The van der Waals surface area contributed by atoms with Gasteiger partial charge in [-0.3, -0.25) is 9.69 Å². The van der Waals surface area contributed by atoms with Gasteiger partial charge >= 0.3 is 0 Å². The molecule has 1 aromatic heterocycles. The standard InChI is InChI=1S/C20H31N5OS.C2H6/c1-3-7-25(8-4-2)20(26)15-11-18-17(23-19(21)12-15)13-16(27-18)14-24-9-5-22-6-10-24;1-2/h11,13,22H,3-10,12,14H2,1-2H3,(H2,21,23);1-2H3. The van der Waals surface area contributed by atoms with Crippen molar-refractivity contribution < 1.29 is 4.79 Å². The Morgan fingerprint density at radius 3 is 2.52 bits per heavy atom. The molecule has 2 aliphatic rings. The molecule has 0 atom stereocenters. The molecule has 1 aromatic rings. The minimum Gasteiger partial charge on any atom is -0.387 e. The summed E-state index contributed by atoms with van der Waals surface area (Å²) in [6, 6.07) is 2.13. The summed E-state index contributed by atoms with van der Waals surface area (Å²) < 4.78 is 0. The lowest BCUT2D eigenvalue weighted by Crippen LogP contribution is -2.42. The fourth-order valence-electron chi connectivity index (χ4n) is 3.60. The van der Waals surface area contributed by atoms with E-state index in [9.17, 15) is 4.79 Å². The van der Waals surface area contributed by atoms with Crippen molar-refractivity contribution in [3.05, 3.63) is 21.4 Å². The molecular weight excluding hydrogens is 382 g/mol. The molecule has 0 unspecified atom stereocenters. The van der Waals surface area contributed by atoms with Gasteiger partial charge in [-0.1, -0.05) is 27.7 Å². The number of thiophene rings is 1. The molecule has 1 amide bonds. The average Bonchev–Trinajstić information content (AvgIpc) is 3.01. The highest BCUT2D eigenvalue weighted by molar-refractivity contribution is 7.13. The number of carbonyl (C=O) groups excluding carboxylic acids is 1. The number of nitrogens with one attached hydrogen (secondary N) is 1. The number of nitrogens with two attached hydrogens (primary N) is 1. The van der Waals surface area contributed by atoms with Crippen LogP contribution in [0.25, 0.3) is 6.08 Å². The summed E-state index contributed by atoms with van der Waals surface area (Å²) in [6.45, 7) is 14.9. The molecule has 1 saturated heterocycles.